The Labute approximate surface area is 147 Å². The Kier molecular flexibility index (Phi) is 5.46. The van der Waals surface area contributed by atoms with Crippen molar-refractivity contribution in [3.8, 4) is 0 Å². The molecule has 1 saturated carbocycles. The van der Waals surface area contributed by atoms with Crippen LogP contribution in [0.3, 0.4) is 0 Å². The first-order chi connectivity index (χ1) is 11.9. The number of hydrogen-bond donors (Lipinski definition) is 2. The zero-order valence-corrected chi connectivity index (χ0v) is 14.5. The minimum Gasteiger partial charge on any atom is -0.385 e. The van der Waals surface area contributed by atoms with Gasteiger partial charge >= 0.3 is 6.18 Å². The molecule has 1 aromatic carbocycles. The molecule has 0 spiro atoms. The summed E-state index contributed by atoms with van der Waals surface area (Å²) in [6.45, 7) is 1.41. The number of aliphatic hydroxyl groups is 1. The maximum atomic E-state index is 12.9. The molecule has 3 rings (SSSR count). The molecule has 0 unspecified atom stereocenters. The fraction of sp³-hybridized carbons (Fsp3) is 0.684. The zero-order valence-electron chi connectivity index (χ0n) is 14.5. The molecule has 1 heterocycles. The van der Waals surface area contributed by atoms with Gasteiger partial charge < -0.3 is 15.3 Å². The number of benzene rings is 1. The Balaban J connectivity index is 1.51. The Hall–Kier alpha value is -1.43. The topological polar surface area (TPSA) is 35.5 Å². The van der Waals surface area contributed by atoms with Gasteiger partial charge in [0.05, 0.1) is 0 Å². The van der Waals surface area contributed by atoms with Gasteiger partial charge in [-0.05, 0) is 43.0 Å². The Morgan fingerprint density at radius 3 is 2.20 bits per heavy atom. The molecule has 0 atom stereocenters. The highest BCUT2D eigenvalue weighted by Gasteiger charge is 2.54. The van der Waals surface area contributed by atoms with Crippen LogP contribution in [0.5, 0.6) is 0 Å². The van der Waals surface area contributed by atoms with Gasteiger partial charge in [0.25, 0.3) is 0 Å². The van der Waals surface area contributed by atoms with Gasteiger partial charge in [-0.25, -0.2) is 0 Å². The fourth-order valence-corrected chi connectivity index (χ4v) is 3.86. The predicted molar refractivity (Wildman–Crippen MR) is 94.0 cm³/mol. The lowest BCUT2D eigenvalue weighted by Crippen LogP contribution is -2.53. The highest BCUT2D eigenvalue weighted by atomic mass is 19.4. The van der Waals surface area contributed by atoms with Crippen molar-refractivity contribution < 1.29 is 18.3 Å². The lowest BCUT2D eigenvalue weighted by molar-refractivity contribution is -0.266. The molecule has 0 amide bonds. The number of nitrogens with zero attached hydrogens (tertiary/aromatic N) is 1. The molecule has 6 heteroatoms. The third-order valence-corrected chi connectivity index (χ3v) is 5.67. The van der Waals surface area contributed by atoms with E-state index < -0.39 is 11.8 Å². The Morgan fingerprint density at radius 1 is 1.04 bits per heavy atom. The normalized spacial score (nSPS) is 22.0. The summed E-state index contributed by atoms with van der Waals surface area (Å²) in [6, 6.07) is 7.87. The van der Waals surface area contributed by atoms with Crippen LogP contribution in [0.4, 0.5) is 24.5 Å². The fourth-order valence-electron chi connectivity index (χ4n) is 3.86. The van der Waals surface area contributed by atoms with Crippen LogP contribution in [0.25, 0.3) is 0 Å². The van der Waals surface area contributed by atoms with E-state index in [-0.39, 0.29) is 25.9 Å². The number of anilines is 2. The number of piperidine rings is 1. The van der Waals surface area contributed by atoms with Gasteiger partial charge in [0.1, 0.15) is 0 Å². The van der Waals surface area contributed by atoms with Crippen LogP contribution in [-0.2, 0) is 0 Å². The van der Waals surface area contributed by atoms with Gasteiger partial charge in [-0.3, -0.25) is 0 Å². The van der Waals surface area contributed by atoms with Crippen LogP contribution in [-0.4, -0.2) is 36.5 Å². The molecule has 25 heavy (non-hydrogen) atoms. The molecule has 1 aromatic rings. The Bertz CT molecular complexity index is 545. The lowest BCUT2D eigenvalue weighted by atomic mass is 9.89. The molecular weight excluding hydrogens is 329 g/mol. The van der Waals surface area contributed by atoms with E-state index >= 15 is 0 Å². The number of alkyl halides is 3. The van der Waals surface area contributed by atoms with E-state index in [0.717, 1.165) is 23.8 Å². The zero-order chi connectivity index (χ0) is 17.9. The summed E-state index contributed by atoms with van der Waals surface area (Å²) in [5.41, 5.74) is -0.573. The average molecular weight is 356 g/mol. The van der Waals surface area contributed by atoms with Crippen molar-refractivity contribution in [2.24, 2.45) is 5.92 Å². The molecule has 2 aliphatic rings. The molecule has 0 bridgehead atoms. The first-order valence-corrected chi connectivity index (χ1v) is 9.25. The van der Waals surface area contributed by atoms with E-state index in [1.54, 1.807) is 0 Å². The first kappa shape index (κ1) is 18.4. The van der Waals surface area contributed by atoms with Crippen LogP contribution in [0.1, 0.15) is 44.9 Å². The van der Waals surface area contributed by atoms with Gasteiger partial charge in [-0.15, -0.1) is 0 Å². The van der Waals surface area contributed by atoms with E-state index in [0.29, 0.717) is 0 Å². The van der Waals surface area contributed by atoms with Crippen molar-refractivity contribution in [3.63, 3.8) is 0 Å². The third-order valence-electron chi connectivity index (χ3n) is 5.67. The molecule has 140 valence electrons. The molecule has 2 fully saturated rings. The van der Waals surface area contributed by atoms with E-state index in [2.05, 4.69) is 5.32 Å². The lowest BCUT2D eigenvalue weighted by Gasteiger charge is -2.40. The molecule has 0 aromatic heterocycles. The van der Waals surface area contributed by atoms with E-state index in [1.807, 2.05) is 29.2 Å². The molecule has 2 N–H and O–H groups in total. The summed E-state index contributed by atoms with van der Waals surface area (Å²) in [5.74, 6) is 0.746. The minimum absolute atomic E-state index is 0.213. The predicted octanol–water partition coefficient (Wildman–Crippen LogP) is 4.57. The highest BCUT2D eigenvalue weighted by molar-refractivity contribution is 5.55. The van der Waals surface area contributed by atoms with Crippen molar-refractivity contribution in [1.82, 2.24) is 0 Å². The van der Waals surface area contributed by atoms with Gasteiger partial charge in [-0.2, -0.15) is 13.2 Å². The average Bonchev–Trinajstić information content (AvgIpc) is 2.61. The second-order valence-corrected chi connectivity index (χ2v) is 7.45. The number of hydrogen-bond acceptors (Lipinski definition) is 3. The highest BCUT2D eigenvalue weighted by Crippen LogP contribution is 2.39. The number of nitrogens with one attached hydrogen (secondary N) is 1. The van der Waals surface area contributed by atoms with Crippen LogP contribution in [0.2, 0.25) is 0 Å². The van der Waals surface area contributed by atoms with Crippen molar-refractivity contribution in [2.75, 3.05) is 29.9 Å². The largest absolute Gasteiger partial charge is 0.417 e. The molecule has 0 radical (unpaired) electrons. The summed E-state index contributed by atoms with van der Waals surface area (Å²) >= 11 is 0. The van der Waals surface area contributed by atoms with Crippen LogP contribution >= 0.6 is 0 Å². The van der Waals surface area contributed by atoms with Gasteiger partial charge in [0.15, 0.2) is 5.60 Å². The minimum atomic E-state index is -4.55. The smallest absolute Gasteiger partial charge is 0.385 e. The second-order valence-electron chi connectivity index (χ2n) is 7.45. The van der Waals surface area contributed by atoms with Crippen LogP contribution < -0.4 is 10.2 Å². The van der Waals surface area contributed by atoms with Crippen molar-refractivity contribution in [1.29, 1.82) is 0 Å². The summed E-state index contributed by atoms with van der Waals surface area (Å²) in [4.78, 5) is 1.91. The Morgan fingerprint density at radius 2 is 1.64 bits per heavy atom. The van der Waals surface area contributed by atoms with Gasteiger partial charge in [0, 0.05) is 43.9 Å². The van der Waals surface area contributed by atoms with E-state index in [1.165, 1.54) is 32.1 Å². The molecule has 1 aliphatic heterocycles. The van der Waals surface area contributed by atoms with Crippen molar-refractivity contribution in [2.45, 2.75) is 56.7 Å². The maximum Gasteiger partial charge on any atom is 0.417 e. The SMILES string of the molecule is OC1(C(F)(F)F)CCN(c2ccc(NCC3CCCCC3)cc2)CC1. The number of halogens is 3. The van der Waals surface area contributed by atoms with Crippen molar-refractivity contribution >= 4 is 11.4 Å². The maximum absolute atomic E-state index is 12.9. The van der Waals surface area contributed by atoms with E-state index in [9.17, 15) is 18.3 Å². The summed E-state index contributed by atoms with van der Waals surface area (Å²) < 4.78 is 38.6. The molecular formula is C19H27F3N2O. The first-order valence-electron chi connectivity index (χ1n) is 9.25. The third kappa shape index (κ3) is 4.40. The standard InChI is InChI=1S/C19H27F3N2O/c20-19(21,22)18(25)10-12-24(13-11-18)17-8-6-16(7-9-17)23-14-15-4-2-1-3-5-15/h6-9,15,23,25H,1-5,10-14H2. The summed E-state index contributed by atoms with van der Waals surface area (Å²) in [5, 5.41) is 13.2. The van der Waals surface area contributed by atoms with Crippen LogP contribution in [0, 0.1) is 5.92 Å². The summed E-state index contributed by atoms with van der Waals surface area (Å²) in [7, 11) is 0. The molecule has 3 nitrogen and oxygen atoms in total. The van der Waals surface area contributed by atoms with Gasteiger partial charge in [-0.1, -0.05) is 19.3 Å². The molecule has 1 aliphatic carbocycles. The van der Waals surface area contributed by atoms with E-state index in [4.69, 9.17) is 0 Å². The quantitative estimate of drug-likeness (QED) is 0.829. The second kappa shape index (κ2) is 7.44. The summed E-state index contributed by atoms with van der Waals surface area (Å²) in [6.07, 6.45) is 1.48. The molecule has 1 saturated heterocycles. The number of rotatable bonds is 4. The monoisotopic (exact) mass is 356 g/mol. The van der Waals surface area contributed by atoms with Gasteiger partial charge in [0.2, 0.25) is 0 Å². The van der Waals surface area contributed by atoms with Crippen LogP contribution in [0.15, 0.2) is 24.3 Å². The van der Waals surface area contributed by atoms with Crippen molar-refractivity contribution in [3.05, 3.63) is 24.3 Å².